The van der Waals surface area contributed by atoms with E-state index in [-0.39, 0.29) is 6.03 Å². The van der Waals surface area contributed by atoms with E-state index in [1.165, 1.54) is 18.4 Å². The molecule has 2 amide bonds. The zero-order chi connectivity index (χ0) is 16.4. The summed E-state index contributed by atoms with van der Waals surface area (Å²) in [7, 11) is 0. The summed E-state index contributed by atoms with van der Waals surface area (Å²) >= 11 is 0. The van der Waals surface area contributed by atoms with Crippen molar-refractivity contribution in [2.45, 2.75) is 25.8 Å². The first-order chi connectivity index (χ1) is 11.8. The standard InChI is InChI=1S/C19H22N4O/c24-19(23-12-9-16-5-1-2-6-17(16)23)21-14-15-7-8-18(20-13-15)22-10-3-4-11-22/h1-2,5-8,13H,3-4,9-12,14H2,(H,21,24). The number of para-hydroxylation sites is 1. The number of hydrogen-bond acceptors (Lipinski definition) is 3. The molecule has 0 atom stereocenters. The van der Waals surface area contributed by atoms with E-state index >= 15 is 0 Å². The first-order valence-electron chi connectivity index (χ1n) is 8.64. The summed E-state index contributed by atoms with van der Waals surface area (Å²) in [5.41, 5.74) is 3.29. The van der Waals surface area contributed by atoms with E-state index in [1.54, 1.807) is 0 Å². The molecule has 3 heterocycles. The van der Waals surface area contributed by atoms with Crippen LogP contribution in [0.2, 0.25) is 0 Å². The molecule has 2 aromatic rings. The van der Waals surface area contributed by atoms with Crippen LogP contribution < -0.4 is 15.1 Å². The molecular weight excluding hydrogens is 300 g/mol. The molecule has 0 unspecified atom stereocenters. The van der Waals surface area contributed by atoms with Crippen molar-refractivity contribution in [3.63, 3.8) is 0 Å². The van der Waals surface area contributed by atoms with Crippen LogP contribution in [0.1, 0.15) is 24.0 Å². The Bertz CT molecular complexity index is 722. The van der Waals surface area contributed by atoms with E-state index in [0.717, 1.165) is 43.1 Å². The number of benzene rings is 1. The molecule has 0 radical (unpaired) electrons. The molecule has 2 aliphatic rings. The summed E-state index contributed by atoms with van der Waals surface area (Å²) in [6.45, 7) is 3.44. The van der Waals surface area contributed by atoms with Crippen LogP contribution in [0.4, 0.5) is 16.3 Å². The second-order valence-electron chi connectivity index (χ2n) is 6.41. The number of pyridine rings is 1. The SMILES string of the molecule is O=C(NCc1ccc(N2CCCC2)nc1)N1CCc2ccccc21. The minimum absolute atomic E-state index is 0.0384. The minimum Gasteiger partial charge on any atom is -0.357 e. The second kappa shape index (κ2) is 6.51. The molecule has 5 heteroatoms. The number of hydrogen-bond donors (Lipinski definition) is 1. The van der Waals surface area contributed by atoms with Crippen LogP contribution in [-0.4, -0.2) is 30.6 Å². The number of anilines is 2. The highest BCUT2D eigenvalue weighted by Crippen LogP contribution is 2.27. The highest BCUT2D eigenvalue weighted by atomic mass is 16.2. The smallest absolute Gasteiger partial charge is 0.322 e. The van der Waals surface area contributed by atoms with Crippen molar-refractivity contribution in [3.8, 4) is 0 Å². The Hall–Kier alpha value is -2.56. The van der Waals surface area contributed by atoms with Crippen LogP contribution >= 0.6 is 0 Å². The first kappa shape index (κ1) is 15.0. The summed E-state index contributed by atoms with van der Waals surface area (Å²) in [5, 5.41) is 3.00. The van der Waals surface area contributed by atoms with Gasteiger partial charge in [0.1, 0.15) is 5.82 Å². The van der Waals surface area contributed by atoms with Gasteiger partial charge in [-0.05, 0) is 42.5 Å². The fourth-order valence-corrected chi connectivity index (χ4v) is 3.48. The molecule has 1 aromatic carbocycles. The molecule has 1 aromatic heterocycles. The number of amides is 2. The van der Waals surface area contributed by atoms with Gasteiger partial charge in [-0.15, -0.1) is 0 Å². The largest absolute Gasteiger partial charge is 0.357 e. The Morgan fingerprint density at radius 1 is 1.08 bits per heavy atom. The fraction of sp³-hybridized carbons (Fsp3) is 0.368. The van der Waals surface area contributed by atoms with Crippen LogP contribution in [0.15, 0.2) is 42.6 Å². The number of nitrogens with one attached hydrogen (secondary N) is 1. The Balaban J connectivity index is 1.36. The van der Waals surface area contributed by atoms with Gasteiger partial charge in [0.25, 0.3) is 0 Å². The molecular formula is C19H22N4O. The van der Waals surface area contributed by atoms with Gasteiger partial charge in [-0.3, -0.25) is 4.90 Å². The van der Waals surface area contributed by atoms with E-state index in [4.69, 9.17) is 0 Å². The van der Waals surface area contributed by atoms with Gasteiger partial charge < -0.3 is 10.2 Å². The van der Waals surface area contributed by atoms with Gasteiger partial charge in [0, 0.05) is 38.1 Å². The van der Waals surface area contributed by atoms with E-state index in [2.05, 4.69) is 33.4 Å². The molecule has 5 nitrogen and oxygen atoms in total. The lowest BCUT2D eigenvalue weighted by Crippen LogP contribution is -2.38. The third-order valence-electron chi connectivity index (χ3n) is 4.82. The van der Waals surface area contributed by atoms with E-state index in [9.17, 15) is 4.79 Å². The van der Waals surface area contributed by atoms with Crippen LogP contribution in [0, 0.1) is 0 Å². The monoisotopic (exact) mass is 322 g/mol. The molecule has 4 rings (SSSR count). The summed E-state index contributed by atoms with van der Waals surface area (Å²) in [6, 6.07) is 12.2. The van der Waals surface area contributed by atoms with Crippen LogP contribution in [0.3, 0.4) is 0 Å². The number of rotatable bonds is 3. The molecule has 0 spiro atoms. The van der Waals surface area contributed by atoms with Gasteiger partial charge in [0.2, 0.25) is 0 Å². The van der Waals surface area contributed by atoms with Crippen molar-refractivity contribution in [1.82, 2.24) is 10.3 Å². The minimum atomic E-state index is -0.0384. The van der Waals surface area contributed by atoms with Crippen molar-refractivity contribution >= 4 is 17.5 Å². The van der Waals surface area contributed by atoms with Gasteiger partial charge in [-0.2, -0.15) is 0 Å². The highest BCUT2D eigenvalue weighted by molar-refractivity contribution is 5.94. The number of nitrogens with zero attached hydrogens (tertiary/aromatic N) is 3. The van der Waals surface area contributed by atoms with E-state index in [1.807, 2.05) is 29.3 Å². The zero-order valence-corrected chi connectivity index (χ0v) is 13.7. The Morgan fingerprint density at radius 3 is 2.71 bits per heavy atom. The second-order valence-corrected chi connectivity index (χ2v) is 6.41. The fourth-order valence-electron chi connectivity index (χ4n) is 3.48. The summed E-state index contributed by atoms with van der Waals surface area (Å²) in [5.74, 6) is 1.04. The van der Waals surface area contributed by atoms with E-state index < -0.39 is 0 Å². The number of fused-ring (bicyclic) bond motifs is 1. The Labute approximate surface area is 142 Å². The lowest BCUT2D eigenvalue weighted by Gasteiger charge is -2.19. The third kappa shape index (κ3) is 2.94. The summed E-state index contributed by atoms with van der Waals surface area (Å²) in [6.07, 6.45) is 5.29. The van der Waals surface area contributed by atoms with Crippen LogP contribution in [0.5, 0.6) is 0 Å². The quantitative estimate of drug-likeness (QED) is 0.945. The van der Waals surface area contributed by atoms with Crippen molar-refractivity contribution < 1.29 is 4.79 Å². The van der Waals surface area contributed by atoms with Crippen LogP contribution in [0.25, 0.3) is 0 Å². The molecule has 0 saturated carbocycles. The highest BCUT2D eigenvalue weighted by Gasteiger charge is 2.23. The van der Waals surface area contributed by atoms with Gasteiger partial charge in [-0.1, -0.05) is 24.3 Å². The molecule has 24 heavy (non-hydrogen) atoms. The summed E-state index contributed by atoms with van der Waals surface area (Å²) in [4.78, 5) is 21.1. The first-order valence-corrected chi connectivity index (χ1v) is 8.64. The summed E-state index contributed by atoms with van der Waals surface area (Å²) < 4.78 is 0. The van der Waals surface area contributed by atoms with Gasteiger partial charge in [0.15, 0.2) is 0 Å². The van der Waals surface area contributed by atoms with Crippen molar-refractivity contribution in [1.29, 1.82) is 0 Å². The van der Waals surface area contributed by atoms with Gasteiger partial charge in [-0.25, -0.2) is 9.78 Å². The normalized spacial score (nSPS) is 16.3. The van der Waals surface area contributed by atoms with E-state index in [0.29, 0.717) is 6.54 Å². The topological polar surface area (TPSA) is 48.5 Å². The lowest BCUT2D eigenvalue weighted by molar-refractivity contribution is 0.246. The molecule has 1 fully saturated rings. The molecule has 0 bridgehead atoms. The number of carbonyl (C=O) groups excluding carboxylic acids is 1. The van der Waals surface area contributed by atoms with Gasteiger partial charge in [0.05, 0.1) is 0 Å². The number of urea groups is 1. The Morgan fingerprint density at radius 2 is 1.92 bits per heavy atom. The predicted octanol–water partition coefficient (Wildman–Crippen LogP) is 2.95. The van der Waals surface area contributed by atoms with Crippen molar-refractivity contribution in [2.75, 3.05) is 29.4 Å². The molecule has 1 saturated heterocycles. The van der Waals surface area contributed by atoms with Crippen molar-refractivity contribution in [2.24, 2.45) is 0 Å². The maximum absolute atomic E-state index is 12.4. The van der Waals surface area contributed by atoms with Gasteiger partial charge >= 0.3 is 6.03 Å². The number of carbonyl (C=O) groups is 1. The molecule has 124 valence electrons. The maximum Gasteiger partial charge on any atom is 0.322 e. The van der Waals surface area contributed by atoms with Crippen molar-refractivity contribution in [3.05, 3.63) is 53.7 Å². The Kier molecular flexibility index (Phi) is 4.07. The predicted molar refractivity (Wildman–Crippen MR) is 95.4 cm³/mol. The third-order valence-corrected chi connectivity index (χ3v) is 4.82. The molecule has 0 aliphatic carbocycles. The molecule has 2 aliphatic heterocycles. The lowest BCUT2D eigenvalue weighted by atomic mass is 10.2. The molecule has 1 N–H and O–H groups in total. The average molecular weight is 322 g/mol. The van der Waals surface area contributed by atoms with Crippen LogP contribution in [-0.2, 0) is 13.0 Å². The average Bonchev–Trinajstić information content (AvgIpc) is 3.30. The number of aromatic nitrogens is 1. The zero-order valence-electron chi connectivity index (χ0n) is 13.7. The maximum atomic E-state index is 12.4.